The van der Waals surface area contributed by atoms with Crippen molar-refractivity contribution in [3.63, 3.8) is 0 Å². The predicted octanol–water partition coefficient (Wildman–Crippen LogP) is 3.48. The predicted molar refractivity (Wildman–Crippen MR) is 110 cm³/mol. The molecule has 2 aromatic heterocycles. The third kappa shape index (κ3) is 3.22. The fraction of sp³-hybridized carbons (Fsp3) is 0.391. The van der Waals surface area contributed by atoms with Gasteiger partial charge < -0.3 is 19.2 Å². The van der Waals surface area contributed by atoms with Gasteiger partial charge in [0.2, 0.25) is 0 Å². The Morgan fingerprint density at radius 1 is 1.07 bits per heavy atom. The molecule has 6 heteroatoms. The Balaban J connectivity index is 1.32. The number of carbonyl (C=O) groups excluding carboxylic acids is 2. The molecule has 0 radical (unpaired) electrons. The van der Waals surface area contributed by atoms with E-state index >= 15 is 0 Å². The Morgan fingerprint density at radius 2 is 1.83 bits per heavy atom. The first-order valence-corrected chi connectivity index (χ1v) is 10.4. The molecule has 150 valence electrons. The van der Waals surface area contributed by atoms with Gasteiger partial charge in [0.25, 0.3) is 11.8 Å². The molecule has 2 amide bonds. The van der Waals surface area contributed by atoms with E-state index in [0.717, 1.165) is 23.9 Å². The zero-order valence-electron chi connectivity index (χ0n) is 16.6. The second-order valence-electron chi connectivity index (χ2n) is 8.25. The molecule has 3 aromatic rings. The smallest absolute Gasteiger partial charge is 0.289 e. The summed E-state index contributed by atoms with van der Waals surface area (Å²) in [6, 6.07) is 9.38. The molecule has 3 heterocycles. The maximum atomic E-state index is 13.1. The first-order valence-electron chi connectivity index (χ1n) is 10.4. The lowest BCUT2D eigenvalue weighted by atomic mass is 9.87. The molecule has 0 saturated carbocycles. The van der Waals surface area contributed by atoms with Crippen LogP contribution in [0.4, 0.5) is 0 Å². The van der Waals surface area contributed by atoms with Gasteiger partial charge in [-0.2, -0.15) is 0 Å². The lowest BCUT2D eigenvalue weighted by Gasteiger charge is -2.34. The van der Waals surface area contributed by atoms with Gasteiger partial charge in [0.15, 0.2) is 5.76 Å². The fourth-order valence-corrected chi connectivity index (χ4v) is 4.58. The van der Waals surface area contributed by atoms with E-state index in [1.165, 1.54) is 29.3 Å². The third-order valence-electron chi connectivity index (χ3n) is 6.27. The van der Waals surface area contributed by atoms with Gasteiger partial charge in [-0.3, -0.25) is 9.59 Å². The van der Waals surface area contributed by atoms with Crippen LogP contribution in [0.3, 0.4) is 0 Å². The number of benzene rings is 1. The van der Waals surface area contributed by atoms with Crippen molar-refractivity contribution in [2.75, 3.05) is 26.2 Å². The first kappa shape index (κ1) is 18.0. The van der Waals surface area contributed by atoms with Gasteiger partial charge in [0.1, 0.15) is 0 Å². The molecule has 1 aliphatic carbocycles. The summed E-state index contributed by atoms with van der Waals surface area (Å²) in [6.07, 6.45) is 4.87. The number of hydrogen-bond donors (Lipinski definition) is 1. The van der Waals surface area contributed by atoms with Crippen molar-refractivity contribution < 1.29 is 14.0 Å². The molecule has 0 unspecified atom stereocenters. The minimum absolute atomic E-state index is 0.0378. The molecule has 1 fully saturated rings. The number of aromatic nitrogens is 1. The standard InChI is InChI=1S/C23H25N3O3/c1-15-4-6-19-17(13-15)18-14-16(5-7-20(18)24-19)22(27)25-8-10-26(11-9-25)23(28)21-3-2-12-29-21/h2-3,5,7,12,14-15,24H,4,6,8-11,13H2,1H3/t15-/m1/s1. The Morgan fingerprint density at radius 3 is 2.55 bits per heavy atom. The van der Waals surface area contributed by atoms with Crippen molar-refractivity contribution in [2.24, 2.45) is 5.92 Å². The van der Waals surface area contributed by atoms with Gasteiger partial charge in [0.05, 0.1) is 6.26 Å². The zero-order valence-corrected chi connectivity index (χ0v) is 16.6. The monoisotopic (exact) mass is 391 g/mol. The van der Waals surface area contributed by atoms with E-state index in [2.05, 4.69) is 11.9 Å². The second kappa shape index (κ2) is 7.10. The van der Waals surface area contributed by atoms with E-state index in [-0.39, 0.29) is 11.8 Å². The summed E-state index contributed by atoms with van der Waals surface area (Å²) < 4.78 is 5.20. The number of nitrogens with one attached hydrogen (secondary N) is 1. The number of rotatable bonds is 2. The number of H-pyrrole nitrogens is 1. The largest absolute Gasteiger partial charge is 0.459 e. The molecule has 29 heavy (non-hydrogen) atoms. The molecule has 0 spiro atoms. The molecular weight excluding hydrogens is 366 g/mol. The summed E-state index contributed by atoms with van der Waals surface area (Å²) in [5.74, 6) is 0.953. The minimum Gasteiger partial charge on any atom is -0.459 e. The molecule has 1 aliphatic heterocycles. The van der Waals surface area contributed by atoms with E-state index in [9.17, 15) is 9.59 Å². The van der Waals surface area contributed by atoms with Crippen LogP contribution in [0.15, 0.2) is 41.0 Å². The molecule has 1 aromatic carbocycles. The topological polar surface area (TPSA) is 69.6 Å². The van der Waals surface area contributed by atoms with E-state index in [4.69, 9.17) is 4.42 Å². The number of nitrogens with zero attached hydrogens (tertiary/aromatic N) is 2. The summed E-state index contributed by atoms with van der Waals surface area (Å²) in [5, 5.41) is 1.18. The first-order chi connectivity index (χ1) is 14.1. The maximum absolute atomic E-state index is 13.1. The molecule has 1 saturated heterocycles. The van der Waals surface area contributed by atoms with Gasteiger partial charge >= 0.3 is 0 Å². The SMILES string of the molecule is C[C@@H]1CCc2[nH]c3ccc(C(=O)N4CCN(C(=O)c5ccco5)CC4)cc3c2C1. The normalized spacial score (nSPS) is 19.4. The van der Waals surface area contributed by atoms with Gasteiger partial charge in [-0.05, 0) is 61.1 Å². The van der Waals surface area contributed by atoms with Crippen LogP contribution in [0.25, 0.3) is 10.9 Å². The van der Waals surface area contributed by atoms with Crippen molar-refractivity contribution in [1.82, 2.24) is 14.8 Å². The minimum atomic E-state index is -0.114. The molecule has 5 rings (SSSR count). The van der Waals surface area contributed by atoms with Crippen molar-refractivity contribution >= 4 is 22.7 Å². The van der Waals surface area contributed by atoms with E-state index in [0.29, 0.717) is 37.9 Å². The number of hydrogen-bond acceptors (Lipinski definition) is 3. The molecule has 2 aliphatic rings. The van der Waals surface area contributed by atoms with Gasteiger partial charge in [-0.25, -0.2) is 0 Å². The van der Waals surface area contributed by atoms with Crippen molar-refractivity contribution in [3.05, 3.63) is 59.2 Å². The number of aromatic amines is 1. The number of fused-ring (bicyclic) bond motifs is 3. The van der Waals surface area contributed by atoms with Crippen molar-refractivity contribution in [2.45, 2.75) is 26.2 Å². The van der Waals surface area contributed by atoms with E-state index in [1.807, 2.05) is 23.1 Å². The van der Waals surface area contributed by atoms with Crippen molar-refractivity contribution in [3.8, 4) is 0 Å². The molecule has 1 atom stereocenters. The van der Waals surface area contributed by atoms with Crippen LogP contribution in [0.2, 0.25) is 0 Å². The number of piperazine rings is 1. The van der Waals surface area contributed by atoms with Crippen LogP contribution in [0.1, 0.15) is 45.5 Å². The maximum Gasteiger partial charge on any atom is 0.289 e. The highest BCUT2D eigenvalue weighted by atomic mass is 16.3. The Bertz CT molecular complexity index is 1060. The number of amides is 2. The zero-order chi connectivity index (χ0) is 20.0. The summed E-state index contributed by atoms with van der Waals surface area (Å²) in [7, 11) is 0. The van der Waals surface area contributed by atoms with Crippen LogP contribution >= 0.6 is 0 Å². The Kier molecular flexibility index (Phi) is 4.42. The van der Waals surface area contributed by atoms with Crippen LogP contribution in [0.5, 0.6) is 0 Å². The third-order valence-corrected chi connectivity index (χ3v) is 6.27. The van der Waals surface area contributed by atoms with Crippen LogP contribution in [0, 0.1) is 5.92 Å². The highest BCUT2D eigenvalue weighted by molar-refractivity contribution is 5.99. The summed E-state index contributed by atoms with van der Waals surface area (Å²) in [4.78, 5) is 32.6. The highest BCUT2D eigenvalue weighted by Crippen LogP contribution is 2.32. The Labute approximate surface area is 169 Å². The molecular formula is C23H25N3O3. The molecule has 0 bridgehead atoms. The van der Waals surface area contributed by atoms with Gasteiger partial charge in [-0.1, -0.05) is 6.92 Å². The summed E-state index contributed by atoms with van der Waals surface area (Å²) >= 11 is 0. The average molecular weight is 391 g/mol. The lowest BCUT2D eigenvalue weighted by molar-refractivity contribution is 0.0518. The van der Waals surface area contributed by atoms with Crippen LogP contribution < -0.4 is 0 Å². The second-order valence-corrected chi connectivity index (χ2v) is 8.25. The van der Waals surface area contributed by atoms with Crippen molar-refractivity contribution in [1.29, 1.82) is 0 Å². The quantitative estimate of drug-likeness (QED) is 0.727. The fourth-order valence-electron chi connectivity index (χ4n) is 4.58. The summed E-state index contributed by atoms with van der Waals surface area (Å²) in [5.41, 5.74) is 4.55. The number of aryl methyl sites for hydroxylation is 1. The summed E-state index contributed by atoms with van der Waals surface area (Å²) in [6.45, 7) is 4.40. The van der Waals surface area contributed by atoms with E-state index in [1.54, 1.807) is 17.0 Å². The van der Waals surface area contributed by atoms with E-state index < -0.39 is 0 Å². The highest BCUT2D eigenvalue weighted by Gasteiger charge is 2.27. The molecule has 1 N–H and O–H groups in total. The molecule has 6 nitrogen and oxygen atoms in total. The van der Waals surface area contributed by atoms with Gasteiger partial charge in [0, 0.05) is 48.3 Å². The number of furan rings is 1. The van der Waals surface area contributed by atoms with Gasteiger partial charge in [-0.15, -0.1) is 0 Å². The lowest BCUT2D eigenvalue weighted by Crippen LogP contribution is -2.50. The van der Waals surface area contributed by atoms with Crippen LogP contribution in [-0.2, 0) is 12.8 Å². The number of carbonyl (C=O) groups is 2. The van der Waals surface area contributed by atoms with Crippen LogP contribution in [-0.4, -0.2) is 52.8 Å². The average Bonchev–Trinajstić information content (AvgIpc) is 3.40. The Hall–Kier alpha value is -3.02.